The lowest BCUT2D eigenvalue weighted by Gasteiger charge is -2.14. The lowest BCUT2D eigenvalue weighted by atomic mass is 9.92. The molecule has 3 nitrogen and oxygen atoms in total. The summed E-state index contributed by atoms with van der Waals surface area (Å²) < 4.78 is 0. The van der Waals surface area contributed by atoms with E-state index in [4.69, 9.17) is 9.97 Å². The van der Waals surface area contributed by atoms with E-state index < -0.39 is 0 Å². The van der Waals surface area contributed by atoms with E-state index in [0.717, 1.165) is 55.6 Å². The molecule has 0 radical (unpaired) electrons. The maximum Gasteiger partial charge on any atom is 0.161 e. The van der Waals surface area contributed by atoms with Gasteiger partial charge in [-0.1, -0.05) is 121 Å². The zero-order chi connectivity index (χ0) is 32.5. The molecule has 2 heterocycles. The van der Waals surface area contributed by atoms with Crippen LogP contribution in [0.3, 0.4) is 0 Å². The third-order valence-corrected chi connectivity index (χ3v) is 9.09. The van der Waals surface area contributed by atoms with Crippen molar-refractivity contribution in [3.05, 3.63) is 175 Å². The predicted molar refractivity (Wildman–Crippen MR) is 202 cm³/mol. The molecule has 8 aromatic rings. The minimum Gasteiger partial charge on any atom is -0.264 e. The first kappa shape index (κ1) is 29.2. The molecule has 0 aliphatic carbocycles. The highest BCUT2D eigenvalue weighted by Crippen LogP contribution is 2.37. The van der Waals surface area contributed by atoms with Crippen LogP contribution in [0.1, 0.15) is 25.1 Å². The molecule has 0 saturated carbocycles. The number of hydrogen-bond acceptors (Lipinski definition) is 3. The molecule has 0 bridgehead atoms. The Labute approximate surface area is 280 Å². The van der Waals surface area contributed by atoms with Crippen molar-refractivity contribution in [3.8, 4) is 33.8 Å². The van der Waals surface area contributed by atoms with Crippen molar-refractivity contribution in [3.63, 3.8) is 0 Å². The summed E-state index contributed by atoms with van der Waals surface area (Å²) in [7, 11) is 0. The van der Waals surface area contributed by atoms with Crippen LogP contribution >= 0.6 is 0 Å². The molecular weight excluding hydrogens is 583 g/mol. The third kappa shape index (κ3) is 5.46. The Morgan fingerprint density at radius 2 is 1.27 bits per heavy atom. The first-order valence-corrected chi connectivity index (χ1v) is 16.3. The Hall–Kier alpha value is -6.19. The average Bonchev–Trinajstić information content (AvgIpc) is 3.16. The van der Waals surface area contributed by atoms with Crippen molar-refractivity contribution >= 4 is 43.5 Å². The molecule has 0 aliphatic rings. The normalized spacial score (nSPS) is 12.2. The van der Waals surface area contributed by atoms with E-state index in [0.29, 0.717) is 5.82 Å². The van der Waals surface area contributed by atoms with Crippen molar-refractivity contribution in [2.75, 3.05) is 0 Å². The highest BCUT2D eigenvalue weighted by atomic mass is 14.9. The molecule has 0 amide bonds. The molecule has 0 aliphatic heterocycles. The van der Waals surface area contributed by atoms with Crippen LogP contribution in [-0.2, 0) is 0 Å². The quantitative estimate of drug-likeness (QED) is 0.138. The molecule has 0 saturated heterocycles. The number of benzene rings is 6. The first-order chi connectivity index (χ1) is 23.7. The second-order valence-electron chi connectivity index (χ2n) is 12.1. The van der Waals surface area contributed by atoms with Gasteiger partial charge in [0.25, 0.3) is 0 Å². The van der Waals surface area contributed by atoms with Crippen molar-refractivity contribution in [1.29, 1.82) is 0 Å². The summed E-state index contributed by atoms with van der Waals surface area (Å²) in [5, 5.41) is 7.28. The van der Waals surface area contributed by atoms with Gasteiger partial charge in [0.05, 0.1) is 11.4 Å². The lowest BCUT2D eigenvalue weighted by Crippen LogP contribution is -1.99. The largest absolute Gasteiger partial charge is 0.264 e. The van der Waals surface area contributed by atoms with Crippen molar-refractivity contribution in [1.82, 2.24) is 15.0 Å². The number of fused-ring (bicyclic) bond motifs is 4. The topological polar surface area (TPSA) is 38.7 Å². The molecule has 3 heteroatoms. The highest BCUT2D eigenvalue weighted by molar-refractivity contribution is 6.13. The van der Waals surface area contributed by atoms with E-state index in [-0.39, 0.29) is 0 Å². The van der Waals surface area contributed by atoms with Crippen LogP contribution in [0.4, 0.5) is 0 Å². The van der Waals surface area contributed by atoms with E-state index in [1.807, 2.05) is 12.3 Å². The standard InChI is InChI=1S/C45H33N3/c1-3-31(25-30(2)36-18-12-24-46-29-36)43-28-44(48-45(47-43)41-23-11-15-32-13-4-6-19-37(32)41)35-17-10-16-33(26-35)42-27-34-14-5-7-20-38(34)39-21-8-9-22-40(39)42/h3-29H,1-2H3/b30-25+,31-3+. The highest BCUT2D eigenvalue weighted by Gasteiger charge is 2.15. The number of pyridine rings is 1. The fourth-order valence-corrected chi connectivity index (χ4v) is 6.64. The van der Waals surface area contributed by atoms with Gasteiger partial charge in [-0.05, 0) is 104 Å². The van der Waals surface area contributed by atoms with Crippen LogP contribution in [0.25, 0.3) is 77.2 Å². The zero-order valence-electron chi connectivity index (χ0n) is 26.9. The molecule has 48 heavy (non-hydrogen) atoms. The average molecular weight is 616 g/mol. The van der Waals surface area contributed by atoms with Gasteiger partial charge in [-0.15, -0.1) is 0 Å². The lowest BCUT2D eigenvalue weighted by molar-refractivity contribution is 1.16. The van der Waals surface area contributed by atoms with Gasteiger partial charge in [-0.3, -0.25) is 4.98 Å². The van der Waals surface area contributed by atoms with Gasteiger partial charge in [0.1, 0.15) is 0 Å². The molecule has 6 aromatic carbocycles. The summed E-state index contributed by atoms with van der Waals surface area (Å²) in [5.41, 5.74) is 9.38. The number of allylic oxidation sites excluding steroid dienone is 4. The van der Waals surface area contributed by atoms with Gasteiger partial charge in [-0.2, -0.15) is 0 Å². The molecular formula is C45H33N3. The smallest absolute Gasteiger partial charge is 0.161 e. The Kier molecular flexibility index (Phi) is 7.64. The molecule has 0 fully saturated rings. The van der Waals surface area contributed by atoms with E-state index in [2.05, 4.69) is 164 Å². The fourth-order valence-electron chi connectivity index (χ4n) is 6.64. The number of aromatic nitrogens is 3. The number of hydrogen-bond donors (Lipinski definition) is 0. The fraction of sp³-hybridized carbons (Fsp3) is 0.0444. The van der Waals surface area contributed by atoms with E-state index >= 15 is 0 Å². The third-order valence-electron chi connectivity index (χ3n) is 9.09. The molecule has 0 spiro atoms. The molecule has 8 rings (SSSR count). The summed E-state index contributed by atoms with van der Waals surface area (Å²) in [6, 6.07) is 49.3. The van der Waals surface area contributed by atoms with Gasteiger partial charge in [0.2, 0.25) is 0 Å². The molecule has 228 valence electrons. The summed E-state index contributed by atoms with van der Waals surface area (Å²) in [5.74, 6) is 0.702. The van der Waals surface area contributed by atoms with Crippen molar-refractivity contribution in [2.24, 2.45) is 0 Å². The second kappa shape index (κ2) is 12.5. The predicted octanol–water partition coefficient (Wildman–Crippen LogP) is 11.8. The number of nitrogens with zero attached hydrogens (tertiary/aromatic N) is 3. The van der Waals surface area contributed by atoms with Crippen LogP contribution in [0.5, 0.6) is 0 Å². The van der Waals surface area contributed by atoms with Crippen LogP contribution in [-0.4, -0.2) is 15.0 Å². The van der Waals surface area contributed by atoms with Gasteiger partial charge in [0, 0.05) is 23.5 Å². The van der Waals surface area contributed by atoms with Gasteiger partial charge in [-0.25, -0.2) is 9.97 Å². The van der Waals surface area contributed by atoms with Crippen LogP contribution in [0, 0.1) is 0 Å². The maximum absolute atomic E-state index is 5.26. The molecule has 0 N–H and O–H groups in total. The van der Waals surface area contributed by atoms with E-state index in [9.17, 15) is 0 Å². The zero-order valence-corrected chi connectivity index (χ0v) is 26.9. The Balaban J connectivity index is 1.32. The minimum absolute atomic E-state index is 0.702. The summed E-state index contributed by atoms with van der Waals surface area (Å²) in [4.78, 5) is 14.8. The first-order valence-electron chi connectivity index (χ1n) is 16.3. The number of rotatable bonds is 6. The summed E-state index contributed by atoms with van der Waals surface area (Å²) in [6.45, 7) is 4.18. The van der Waals surface area contributed by atoms with E-state index in [1.54, 1.807) is 6.20 Å². The Morgan fingerprint density at radius 3 is 2.08 bits per heavy atom. The Morgan fingerprint density at radius 1 is 0.562 bits per heavy atom. The molecule has 2 aromatic heterocycles. The monoisotopic (exact) mass is 615 g/mol. The Bertz CT molecular complexity index is 2520. The van der Waals surface area contributed by atoms with Crippen LogP contribution in [0.15, 0.2) is 164 Å². The second-order valence-corrected chi connectivity index (χ2v) is 12.1. The SMILES string of the molecule is C/C=C(\C=C(/C)c1cccnc1)c1cc(-c2cccc(-c3cc4ccccc4c4ccccc34)c2)nc(-c2cccc3ccccc23)n1. The van der Waals surface area contributed by atoms with Crippen LogP contribution < -0.4 is 0 Å². The summed E-state index contributed by atoms with van der Waals surface area (Å²) >= 11 is 0. The summed E-state index contributed by atoms with van der Waals surface area (Å²) in [6.07, 6.45) is 8.01. The van der Waals surface area contributed by atoms with E-state index in [1.165, 1.54) is 27.1 Å². The van der Waals surface area contributed by atoms with Crippen LogP contribution in [0.2, 0.25) is 0 Å². The van der Waals surface area contributed by atoms with Gasteiger partial charge < -0.3 is 0 Å². The van der Waals surface area contributed by atoms with Gasteiger partial charge >= 0.3 is 0 Å². The van der Waals surface area contributed by atoms with Crippen molar-refractivity contribution in [2.45, 2.75) is 13.8 Å². The van der Waals surface area contributed by atoms with Gasteiger partial charge in [0.15, 0.2) is 5.82 Å². The van der Waals surface area contributed by atoms with Crippen molar-refractivity contribution < 1.29 is 0 Å². The molecule has 0 unspecified atom stereocenters. The minimum atomic E-state index is 0.702. The molecule has 0 atom stereocenters. The maximum atomic E-state index is 5.26.